The lowest BCUT2D eigenvalue weighted by Crippen LogP contribution is -2.17. The average Bonchev–Trinajstić information content (AvgIpc) is 3.16. The van der Waals surface area contributed by atoms with Crippen LogP contribution in [0.3, 0.4) is 0 Å². The van der Waals surface area contributed by atoms with Crippen LogP contribution in [0.1, 0.15) is 49.9 Å². The molecule has 5 nitrogen and oxygen atoms in total. The van der Waals surface area contributed by atoms with Gasteiger partial charge in [0.15, 0.2) is 0 Å². The predicted molar refractivity (Wildman–Crippen MR) is 169 cm³/mol. The van der Waals surface area contributed by atoms with Gasteiger partial charge in [0.2, 0.25) is 0 Å². The van der Waals surface area contributed by atoms with Crippen molar-refractivity contribution in [3.05, 3.63) is 125 Å². The predicted octanol–water partition coefficient (Wildman–Crippen LogP) is 9.04. The third-order valence-electron chi connectivity index (χ3n) is 7.66. The van der Waals surface area contributed by atoms with Crippen molar-refractivity contribution in [2.45, 2.75) is 47.0 Å². The minimum Gasteiger partial charge on any atom is -0.423 e. The Hall–Kier alpha value is -4.90. The van der Waals surface area contributed by atoms with E-state index in [9.17, 15) is 9.59 Å². The molecule has 212 valence electrons. The van der Waals surface area contributed by atoms with E-state index in [-0.39, 0.29) is 28.1 Å². The molecule has 1 aliphatic carbocycles. The van der Waals surface area contributed by atoms with Crippen LogP contribution in [0.25, 0.3) is 11.1 Å². The molecule has 0 spiro atoms. The molecule has 42 heavy (non-hydrogen) atoms. The number of carbonyl (C=O) groups is 2. The lowest BCUT2D eigenvalue weighted by atomic mass is 9.82. The second kappa shape index (κ2) is 10.8. The van der Waals surface area contributed by atoms with Crippen LogP contribution < -0.4 is 14.4 Å². The topological polar surface area (TPSA) is 55.8 Å². The van der Waals surface area contributed by atoms with Crippen molar-refractivity contribution in [3.63, 3.8) is 0 Å². The van der Waals surface area contributed by atoms with E-state index in [1.165, 1.54) is 28.3 Å². The fraction of sp³-hybridized carbons (Fsp3) is 0.189. The molecular formula is C37H35NO4. The molecule has 0 saturated carbocycles. The number of benzene rings is 4. The van der Waals surface area contributed by atoms with Gasteiger partial charge >= 0.3 is 11.9 Å². The monoisotopic (exact) mass is 557 g/mol. The molecule has 1 aliphatic rings. The minimum atomic E-state index is -0.570. The van der Waals surface area contributed by atoms with Gasteiger partial charge in [-0.05, 0) is 73.7 Å². The number of anilines is 3. The molecule has 0 unspecified atom stereocenters. The molecule has 0 bridgehead atoms. The van der Waals surface area contributed by atoms with E-state index in [1.807, 2.05) is 0 Å². The summed E-state index contributed by atoms with van der Waals surface area (Å²) in [6, 6.07) is 26.3. The van der Waals surface area contributed by atoms with Gasteiger partial charge in [-0.3, -0.25) is 0 Å². The molecule has 0 heterocycles. The van der Waals surface area contributed by atoms with Gasteiger partial charge in [0.1, 0.15) is 11.5 Å². The quantitative estimate of drug-likeness (QED) is 0.129. The van der Waals surface area contributed by atoms with Crippen LogP contribution in [0.15, 0.2) is 103 Å². The van der Waals surface area contributed by atoms with E-state index >= 15 is 0 Å². The molecule has 0 aromatic heterocycles. The van der Waals surface area contributed by atoms with E-state index < -0.39 is 11.9 Å². The van der Waals surface area contributed by atoms with Gasteiger partial charge in [0.05, 0.1) is 5.69 Å². The Balaban J connectivity index is 1.73. The fourth-order valence-corrected chi connectivity index (χ4v) is 5.51. The van der Waals surface area contributed by atoms with Crippen LogP contribution in [0.2, 0.25) is 0 Å². The van der Waals surface area contributed by atoms with Gasteiger partial charge < -0.3 is 14.4 Å². The highest BCUT2D eigenvalue weighted by Gasteiger charge is 2.35. The molecular weight excluding hydrogens is 522 g/mol. The summed E-state index contributed by atoms with van der Waals surface area (Å²) in [6.07, 6.45) is 0. The first-order valence-corrected chi connectivity index (χ1v) is 13.9. The summed E-state index contributed by atoms with van der Waals surface area (Å²) in [4.78, 5) is 27.1. The highest BCUT2D eigenvalue weighted by Crippen LogP contribution is 2.51. The number of rotatable bonds is 7. The molecule has 0 saturated heterocycles. The van der Waals surface area contributed by atoms with Crippen molar-refractivity contribution in [1.29, 1.82) is 0 Å². The molecule has 0 amide bonds. The molecule has 0 atom stereocenters. The largest absolute Gasteiger partial charge is 0.423 e. The van der Waals surface area contributed by atoms with E-state index in [2.05, 4.69) is 106 Å². The Morgan fingerprint density at radius 1 is 0.690 bits per heavy atom. The summed E-state index contributed by atoms with van der Waals surface area (Å²) in [5.41, 5.74) is 9.99. The summed E-state index contributed by atoms with van der Waals surface area (Å²) in [5, 5.41) is 0. The van der Waals surface area contributed by atoms with Gasteiger partial charge in [0.25, 0.3) is 0 Å². The summed E-state index contributed by atoms with van der Waals surface area (Å²) in [6.45, 7) is 19.2. The first-order valence-electron chi connectivity index (χ1n) is 13.9. The number of nitrogens with zero attached hydrogens (tertiary/aromatic N) is 1. The summed E-state index contributed by atoms with van der Waals surface area (Å²) in [7, 11) is 0. The van der Waals surface area contributed by atoms with Crippen molar-refractivity contribution in [3.8, 4) is 22.6 Å². The lowest BCUT2D eigenvalue weighted by molar-refractivity contribution is -0.130. The zero-order valence-electron chi connectivity index (χ0n) is 25.0. The van der Waals surface area contributed by atoms with Crippen LogP contribution in [0.5, 0.6) is 11.5 Å². The molecule has 4 aromatic rings. The van der Waals surface area contributed by atoms with Crippen LogP contribution >= 0.6 is 0 Å². The SMILES string of the molecule is C=C(C)C(=O)Oc1cc(OC(=O)C(=C)C)cc(N(c2ccc3c(c2)C(C)(C)c2ccccc2-3)c2ccc(C)cc2C)c1. The van der Waals surface area contributed by atoms with Crippen molar-refractivity contribution in [1.82, 2.24) is 0 Å². The molecule has 0 radical (unpaired) electrons. The summed E-state index contributed by atoms with van der Waals surface area (Å²) >= 11 is 0. The number of aryl methyl sites for hydroxylation is 2. The smallest absolute Gasteiger partial charge is 0.338 e. The van der Waals surface area contributed by atoms with Gasteiger partial charge in [-0.1, -0.05) is 75.0 Å². The van der Waals surface area contributed by atoms with Gasteiger partial charge in [-0.15, -0.1) is 0 Å². The van der Waals surface area contributed by atoms with Crippen molar-refractivity contribution in [2.24, 2.45) is 0 Å². The fourth-order valence-electron chi connectivity index (χ4n) is 5.51. The summed E-state index contributed by atoms with van der Waals surface area (Å²) < 4.78 is 11.3. The normalized spacial score (nSPS) is 12.6. The van der Waals surface area contributed by atoms with Gasteiger partial charge in [0, 0.05) is 46.1 Å². The lowest BCUT2D eigenvalue weighted by Gasteiger charge is -2.30. The maximum atomic E-state index is 12.5. The molecule has 5 rings (SSSR count). The first-order chi connectivity index (χ1) is 19.9. The second-order valence-electron chi connectivity index (χ2n) is 11.5. The Labute approximate surface area is 247 Å². The Morgan fingerprint density at radius 2 is 1.29 bits per heavy atom. The van der Waals surface area contributed by atoms with Gasteiger partial charge in [-0.25, -0.2) is 9.59 Å². The first kappa shape index (κ1) is 28.6. The van der Waals surface area contributed by atoms with Gasteiger partial charge in [-0.2, -0.15) is 0 Å². The number of fused-ring (bicyclic) bond motifs is 3. The van der Waals surface area contributed by atoms with E-state index in [0.29, 0.717) is 5.69 Å². The Bertz CT molecular complexity index is 1730. The standard InChI is InChI=1S/C37H35NO4/c1-22(2)35(39)41-28-18-27(19-29(21-28)42-36(40)23(3)4)38(34-16-13-24(5)17-25(34)6)26-14-15-31-30-11-9-10-12-32(30)37(7,8)33(31)20-26/h9-21H,1,3H2,2,4-8H3. The molecule has 0 aliphatic heterocycles. The highest BCUT2D eigenvalue weighted by molar-refractivity contribution is 5.91. The number of hydrogen-bond acceptors (Lipinski definition) is 5. The van der Waals surface area contributed by atoms with Crippen LogP contribution in [-0.2, 0) is 15.0 Å². The maximum Gasteiger partial charge on any atom is 0.338 e. The molecule has 0 fully saturated rings. The third kappa shape index (κ3) is 5.26. The van der Waals surface area contributed by atoms with E-state index in [0.717, 1.165) is 22.5 Å². The number of ether oxygens (including phenoxy) is 2. The second-order valence-corrected chi connectivity index (χ2v) is 11.5. The average molecular weight is 558 g/mol. The Kier molecular flexibility index (Phi) is 7.38. The Morgan fingerprint density at radius 3 is 1.88 bits per heavy atom. The van der Waals surface area contributed by atoms with E-state index in [1.54, 1.807) is 26.0 Å². The van der Waals surface area contributed by atoms with Crippen LogP contribution in [-0.4, -0.2) is 11.9 Å². The van der Waals surface area contributed by atoms with Crippen LogP contribution in [0.4, 0.5) is 17.1 Å². The van der Waals surface area contributed by atoms with Crippen molar-refractivity contribution >= 4 is 29.0 Å². The van der Waals surface area contributed by atoms with E-state index in [4.69, 9.17) is 9.47 Å². The van der Waals surface area contributed by atoms with Crippen molar-refractivity contribution < 1.29 is 19.1 Å². The number of carbonyl (C=O) groups excluding carboxylic acids is 2. The summed E-state index contributed by atoms with van der Waals surface area (Å²) in [5.74, 6) is -0.679. The minimum absolute atomic E-state index is 0.197. The highest BCUT2D eigenvalue weighted by atomic mass is 16.5. The number of hydrogen-bond donors (Lipinski definition) is 0. The van der Waals surface area contributed by atoms with Crippen LogP contribution in [0, 0.1) is 13.8 Å². The molecule has 5 heteroatoms. The molecule has 4 aromatic carbocycles. The zero-order chi connectivity index (χ0) is 30.3. The third-order valence-corrected chi connectivity index (χ3v) is 7.66. The maximum absolute atomic E-state index is 12.5. The van der Waals surface area contributed by atoms with Crippen molar-refractivity contribution in [2.75, 3.05) is 4.90 Å². The number of esters is 2. The molecule has 0 N–H and O–H groups in total. The zero-order valence-corrected chi connectivity index (χ0v) is 25.0.